The number of ether oxygens (including phenoxy) is 2. The molecule has 0 saturated heterocycles. The molecule has 196 valence electrons. The SMILES string of the molecule is CC(C)OC(=O)C[C@@H]1Cc2ccc(OCCc3cn4c(n3)NCCN4)cc2CN(CC(F)(F)F)C1=O. The molecule has 1 atom stereocenters. The van der Waals surface area contributed by atoms with E-state index in [2.05, 4.69) is 15.7 Å². The lowest BCUT2D eigenvalue weighted by Gasteiger charge is -2.25. The molecule has 36 heavy (non-hydrogen) atoms. The van der Waals surface area contributed by atoms with Crippen LogP contribution in [0.25, 0.3) is 0 Å². The van der Waals surface area contributed by atoms with Gasteiger partial charge in [0, 0.05) is 26.1 Å². The molecular weight excluding hydrogens is 479 g/mol. The summed E-state index contributed by atoms with van der Waals surface area (Å²) in [6.45, 7) is 3.65. The minimum absolute atomic E-state index is 0.149. The molecule has 2 N–H and O–H groups in total. The van der Waals surface area contributed by atoms with Crippen LogP contribution in [0.4, 0.5) is 19.1 Å². The lowest BCUT2D eigenvalue weighted by atomic mass is 9.94. The van der Waals surface area contributed by atoms with Gasteiger partial charge in [0.1, 0.15) is 12.3 Å². The van der Waals surface area contributed by atoms with Crippen LogP contribution >= 0.6 is 0 Å². The van der Waals surface area contributed by atoms with Gasteiger partial charge in [-0.25, -0.2) is 9.66 Å². The Hall–Kier alpha value is -3.44. The minimum Gasteiger partial charge on any atom is -0.493 e. The third-order valence-corrected chi connectivity index (χ3v) is 5.89. The summed E-state index contributed by atoms with van der Waals surface area (Å²) >= 11 is 0. The Kier molecular flexibility index (Phi) is 7.60. The van der Waals surface area contributed by atoms with Crippen molar-refractivity contribution in [1.82, 2.24) is 14.6 Å². The van der Waals surface area contributed by atoms with Crippen LogP contribution in [0.1, 0.15) is 37.1 Å². The van der Waals surface area contributed by atoms with E-state index in [0.717, 1.165) is 29.6 Å². The second-order valence-corrected chi connectivity index (χ2v) is 9.24. The van der Waals surface area contributed by atoms with Gasteiger partial charge in [0.2, 0.25) is 11.9 Å². The van der Waals surface area contributed by atoms with Crippen LogP contribution in [0.2, 0.25) is 0 Å². The van der Waals surface area contributed by atoms with Crippen LogP contribution in [0.3, 0.4) is 0 Å². The van der Waals surface area contributed by atoms with Gasteiger partial charge >= 0.3 is 12.1 Å². The van der Waals surface area contributed by atoms with Crippen LogP contribution in [0.15, 0.2) is 24.4 Å². The molecule has 9 nitrogen and oxygen atoms in total. The molecular formula is C24H30F3N5O4. The number of rotatable bonds is 8. The molecule has 2 aromatic rings. The van der Waals surface area contributed by atoms with Crippen LogP contribution < -0.4 is 15.5 Å². The first-order chi connectivity index (χ1) is 17.1. The average molecular weight is 510 g/mol. The predicted molar refractivity (Wildman–Crippen MR) is 125 cm³/mol. The molecule has 2 aliphatic heterocycles. The van der Waals surface area contributed by atoms with E-state index >= 15 is 0 Å². The van der Waals surface area contributed by atoms with Gasteiger partial charge in [0.15, 0.2) is 0 Å². The van der Waals surface area contributed by atoms with Crippen LogP contribution in [0.5, 0.6) is 5.75 Å². The molecule has 1 aromatic heterocycles. The van der Waals surface area contributed by atoms with Crippen LogP contribution in [-0.4, -0.2) is 65.0 Å². The fourth-order valence-corrected chi connectivity index (χ4v) is 4.37. The standard InChI is InChI=1S/C24H30F3N5O4/c1-15(2)36-21(33)11-17-9-16-3-4-20(10-18(16)12-31(22(17)34)14-24(25,26)27)35-8-5-19-13-32-23(30-19)28-6-7-29-32/h3-4,10,13,15,17,29H,5-9,11-12,14H2,1-2H3,(H,28,30)/t17-/m0/s1. The number of amides is 1. The number of carbonyl (C=O) groups excluding carboxylic acids is 2. The van der Waals surface area contributed by atoms with Crippen molar-refractivity contribution in [3.05, 3.63) is 41.2 Å². The summed E-state index contributed by atoms with van der Waals surface area (Å²) in [5.74, 6) is -1.02. The maximum absolute atomic E-state index is 13.2. The molecule has 0 aliphatic carbocycles. The van der Waals surface area contributed by atoms with Gasteiger partial charge in [-0.15, -0.1) is 0 Å². The van der Waals surface area contributed by atoms with Crippen molar-refractivity contribution in [3.8, 4) is 5.75 Å². The van der Waals surface area contributed by atoms with E-state index < -0.39 is 30.5 Å². The molecule has 0 bridgehead atoms. The lowest BCUT2D eigenvalue weighted by Crippen LogP contribution is -2.41. The van der Waals surface area contributed by atoms with Crippen molar-refractivity contribution in [2.45, 2.75) is 51.9 Å². The molecule has 0 saturated carbocycles. The first kappa shape index (κ1) is 25.6. The van der Waals surface area contributed by atoms with Crippen molar-refractivity contribution >= 4 is 17.8 Å². The molecule has 0 radical (unpaired) electrons. The Bertz CT molecular complexity index is 1080. The highest BCUT2D eigenvalue weighted by molar-refractivity contribution is 5.84. The van der Waals surface area contributed by atoms with Crippen LogP contribution in [-0.2, 0) is 33.7 Å². The van der Waals surface area contributed by atoms with E-state index in [4.69, 9.17) is 9.47 Å². The Morgan fingerprint density at radius 3 is 2.78 bits per heavy atom. The minimum atomic E-state index is -4.56. The number of aromatic nitrogens is 2. The van der Waals surface area contributed by atoms with Crippen molar-refractivity contribution < 1.29 is 32.2 Å². The summed E-state index contributed by atoms with van der Waals surface area (Å²) < 4.78 is 52.6. The monoisotopic (exact) mass is 509 g/mol. The quantitative estimate of drug-likeness (QED) is 0.528. The molecule has 0 unspecified atom stereocenters. The predicted octanol–water partition coefficient (Wildman–Crippen LogP) is 2.88. The summed E-state index contributed by atoms with van der Waals surface area (Å²) in [5, 5.41) is 3.19. The number of nitrogens with one attached hydrogen (secondary N) is 2. The maximum atomic E-state index is 13.2. The smallest absolute Gasteiger partial charge is 0.406 e. The first-order valence-corrected chi connectivity index (χ1v) is 11.9. The zero-order chi connectivity index (χ0) is 25.9. The molecule has 0 spiro atoms. The van der Waals surface area contributed by atoms with E-state index in [1.807, 2.05) is 10.9 Å². The second kappa shape index (κ2) is 10.7. The summed E-state index contributed by atoms with van der Waals surface area (Å²) in [6, 6.07) is 5.15. The summed E-state index contributed by atoms with van der Waals surface area (Å²) in [7, 11) is 0. The molecule has 1 amide bonds. The third-order valence-electron chi connectivity index (χ3n) is 5.89. The number of carbonyl (C=O) groups is 2. The number of esters is 1. The molecule has 4 rings (SSSR count). The van der Waals surface area contributed by atoms with Crippen molar-refractivity contribution in [2.24, 2.45) is 5.92 Å². The van der Waals surface area contributed by atoms with Gasteiger partial charge in [0.05, 0.1) is 36.9 Å². The van der Waals surface area contributed by atoms with Crippen molar-refractivity contribution in [1.29, 1.82) is 0 Å². The number of benzene rings is 1. The van der Waals surface area contributed by atoms with Gasteiger partial charge < -0.3 is 25.1 Å². The van der Waals surface area contributed by atoms with Crippen molar-refractivity contribution in [3.63, 3.8) is 0 Å². The highest BCUT2D eigenvalue weighted by Crippen LogP contribution is 2.30. The van der Waals surface area contributed by atoms with Gasteiger partial charge in [-0.1, -0.05) is 6.07 Å². The zero-order valence-corrected chi connectivity index (χ0v) is 20.2. The highest BCUT2D eigenvalue weighted by atomic mass is 19.4. The van der Waals surface area contributed by atoms with Gasteiger partial charge in [-0.05, 0) is 43.5 Å². The number of nitrogens with zero attached hydrogens (tertiary/aromatic N) is 3. The van der Waals surface area contributed by atoms with E-state index in [0.29, 0.717) is 29.9 Å². The number of imidazole rings is 1. The number of alkyl halides is 3. The number of hydrogen-bond donors (Lipinski definition) is 2. The average Bonchev–Trinajstić information content (AvgIpc) is 3.15. The summed E-state index contributed by atoms with van der Waals surface area (Å²) in [4.78, 5) is 30.4. The number of hydrogen-bond acceptors (Lipinski definition) is 7. The fourth-order valence-electron chi connectivity index (χ4n) is 4.37. The Morgan fingerprint density at radius 2 is 2.06 bits per heavy atom. The Balaban J connectivity index is 1.46. The van der Waals surface area contributed by atoms with Crippen molar-refractivity contribution in [2.75, 3.05) is 37.0 Å². The highest BCUT2D eigenvalue weighted by Gasteiger charge is 2.38. The maximum Gasteiger partial charge on any atom is 0.406 e. The largest absolute Gasteiger partial charge is 0.493 e. The number of anilines is 1. The fraction of sp³-hybridized carbons (Fsp3) is 0.542. The van der Waals surface area contributed by atoms with E-state index in [1.165, 1.54) is 0 Å². The van der Waals surface area contributed by atoms with E-state index in [9.17, 15) is 22.8 Å². The molecule has 3 heterocycles. The first-order valence-electron chi connectivity index (χ1n) is 11.9. The summed E-state index contributed by atoms with van der Waals surface area (Å²) in [6.07, 6.45) is -2.65. The Labute approximate surface area is 206 Å². The van der Waals surface area contributed by atoms with E-state index in [1.54, 1.807) is 32.0 Å². The van der Waals surface area contributed by atoms with Crippen LogP contribution in [0, 0.1) is 5.92 Å². The topological polar surface area (TPSA) is 97.7 Å². The molecule has 1 aromatic carbocycles. The second-order valence-electron chi connectivity index (χ2n) is 9.24. The van der Waals surface area contributed by atoms with Gasteiger partial charge in [0.25, 0.3) is 0 Å². The van der Waals surface area contributed by atoms with Gasteiger partial charge in [-0.3, -0.25) is 9.59 Å². The van der Waals surface area contributed by atoms with Gasteiger partial charge in [-0.2, -0.15) is 13.2 Å². The molecule has 2 aliphatic rings. The summed E-state index contributed by atoms with van der Waals surface area (Å²) in [5.41, 5.74) is 5.30. The molecule has 12 heteroatoms. The van der Waals surface area contributed by atoms with E-state index in [-0.39, 0.29) is 25.5 Å². The Morgan fingerprint density at radius 1 is 1.25 bits per heavy atom. The lowest BCUT2D eigenvalue weighted by molar-refractivity contribution is -0.166. The number of fused-ring (bicyclic) bond motifs is 2. The zero-order valence-electron chi connectivity index (χ0n) is 20.2. The third kappa shape index (κ3) is 6.61. The molecule has 0 fully saturated rings. The normalized spacial score (nSPS) is 17.6. The number of halogens is 3.